The van der Waals surface area contributed by atoms with E-state index in [0.29, 0.717) is 39.6 Å². The highest BCUT2D eigenvalue weighted by atomic mass is 35.5. The van der Waals surface area contributed by atoms with Gasteiger partial charge >= 0.3 is 0 Å². The first-order valence-electron chi connectivity index (χ1n) is 10.9. The molecule has 1 saturated heterocycles. The molecule has 1 N–H and O–H groups in total. The Kier molecular flexibility index (Phi) is 6.38. The van der Waals surface area contributed by atoms with E-state index in [9.17, 15) is 9.90 Å². The number of benzene rings is 3. The van der Waals surface area contributed by atoms with E-state index in [1.807, 2.05) is 30.3 Å². The van der Waals surface area contributed by atoms with Crippen molar-refractivity contribution in [3.8, 4) is 17.2 Å². The number of rotatable bonds is 6. The summed E-state index contributed by atoms with van der Waals surface area (Å²) in [5.41, 5.74) is 2.43. The highest BCUT2D eigenvalue weighted by Gasteiger charge is 2.50. The number of hydrogen-bond acceptors (Lipinski definition) is 7. The quantitative estimate of drug-likeness (QED) is 0.131. The Balaban J connectivity index is 1.57. The number of azo groups is 1. The fourth-order valence-corrected chi connectivity index (χ4v) is 4.71. The lowest BCUT2D eigenvalue weighted by molar-refractivity contribution is -0.123. The van der Waals surface area contributed by atoms with Gasteiger partial charge in [-0.05, 0) is 42.5 Å². The van der Waals surface area contributed by atoms with Crippen molar-refractivity contribution in [2.24, 2.45) is 10.2 Å². The van der Waals surface area contributed by atoms with E-state index in [1.54, 1.807) is 38.5 Å². The Morgan fingerprint density at radius 2 is 1.75 bits per heavy atom. The van der Waals surface area contributed by atoms with Gasteiger partial charge in [0.2, 0.25) is 5.91 Å². The van der Waals surface area contributed by atoms with Crippen LogP contribution in [0, 0.1) is 0 Å². The zero-order chi connectivity index (χ0) is 25.4. The summed E-state index contributed by atoms with van der Waals surface area (Å²) in [5.74, 6) is 0.804. The molecule has 1 aliphatic rings. The molecule has 2 heterocycles. The van der Waals surface area contributed by atoms with Gasteiger partial charge in [0, 0.05) is 23.1 Å². The Bertz CT molecular complexity index is 1510. The van der Waals surface area contributed by atoms with Crippen LogP contribution in [0.1, 0.15) is 11.6 Å². The lowest BCUT2D eigenvalue weighted by Crippen LogP contribution is -2.56. The van der Waals surface area contributed by atoms with Gasteiger partial charge < -0.3 is 14.6 Å². The number of anilines is 1. The number of carbonyl (C=O) groups excluding carboxylic acids is 1. The van der Waals surface area contributed by atoms with Gasteiger partial charge in [-0.1, -0.05) is 23.7 Å². The molecular formula is C26H20Cl2N4O4. The average Bonchev–Trinajstić information content (AvgIpc) is 2.90. The van der Waals surface area contributed by atoms with E-state index in [4.69, 9.17) is 32.7 Å². The van der Waals surface area contributed by atoms with Crippen LogP contribution in [0.2, 0.25) is 5.15 Å². The number of hydrogen-bond donors (Lipinski definition) is 1. The predicted molar refractivity (Wildman–Crippen MR) is 138 cm³/mol. The molecule has 0 spiro atoms. The summed E-state index contributed by atoms with van der Waals surface area (Å²) in [6.45, 7) is 0. The van der Waals surface area contributed by atoms with Crippen molar-refractivity contribution in [3.05, 3.63) is 77.4 Å². The van der Waals surface area contributed by atoms with Crippen molar-refractivity contribution in [2.45, 2.75) is 11.4 Å². The number of aromatic hydroxyl groups is 1. The number of alkyl halides is 1. The highest BCUT2D eigenvalue weighted by molar-refractivity contribution is 6.38. The summed E-state index contributed by atoms with van der Waals surface area (Å²) in [5, 5.41) is 19.0. The van der Waals surface area contributed by atoms with Gasteiger partial charge in [0.25, 0.3) is 0 Å². The largest absolute Gasteiger partial charge is 0.508 e. The molecule has 0 radical (unpaired) electrons. The number of halogens is 2. The molecule has 1 amide bonds. The van der Waals surface area contributed by atoms with Gasteiger partial charge in [0.1, 0.15) is 39.2 Å². The molecule has 4 aromatic rings. The van der Waals surface area contributed by atoms with Gasteiger partial charge in [0.15, 0.2) is 0 Å². The number of ether oxygens (including phenoxy) is 2. The van der Waals surface area contributed by atoms with Crippen LogP contribution in [0.25, 0.3) is 10.9 Å². The lowest BCUT2D eigenvalue weighted by atomic mass is 9.92. The topological polar surface area (TPSA) is 96.6 Å². The number of carbonyl (C=O) groups is 1. The maximum Gasteiger partial charge on any atom is 0.248 e. The fourth-order valence-electron chi connectivity index (χ4n) is 4.10. The third-order valence-corrected chi connectivity index (χ3v) is 6.65. The number of β-lactam (4-membered cyclic amide) rings is 1. The van der Waals surface area contributed by atoms with Crippen LogP contribution in [0.3, 0.4) is 0 Å². The van der Waals surface area contributed by atoms with E-state index in [1.165, 1.54) is 17.0 Å². The molecule has 1 fully saturated rings. The van der Waals surface area contributed by atoms with Crippen molar-refractivity contribution >= 4 is 57.1 Å². The minimum absolute atomic E-state index is 0.0411. The predicted octanol–water partition coefficient (Wildman–Crippen LogP) is 6.72. The monoisotopic (exact) mass is 522 g/mol. The maximum absolute atomic E-state index is 13.0. The Morgan fingerprint density at radius 3 is 2.53 bits per heavy atom. The molecule has 0 saturated carbocycles. The molecular weight excluding hydrogens is 503 g/mol. The van der Waals surface area contributed by atoms with Crippen molar-refractivity contribution in [2.75, 3.05) is 19.1 Å². The summed E-state index contributed by atoms with van der Waals surface area (Å²) in [6.07, 6.45) is 0. The molecule has 5 rings (SSSR count). The van der Waals surface area contributed by atoms with Gasteiger partial charge in [-0.2, -0.15) is 0 Å². The third-order valence-electron chi connectivity index (χ3n) is 5.92. The normalized spacial score (nSPS) is 17.4. The number of aromatic nitrogens is 1. The van der Waals surface area contributed by atoms with Crippen molar-refractivity contribution in [1.82, 2.24) is 4.98 Å². The summed E-state index contributed by atoms with van der Waals surface area (Å²) < 4.78 is 10.6. The first-order valence-corrected chi connectivity index (χ1v) is 11.7. The molecule has 10 heteroatoms. The number of methoxy groups -OCH3 is 2. The Labute approximate surface area is 216 Å². The van der Waals surface area contributed by atoms with Crippen LogP contribution >= 0.6 is 23.2 Å². The molecule has 8 nitrogen and oxygen atoms in total. The minimum atomic E-state index is -0.874. The van der Waals surface area contributed by atoms with Crippen LogP contribution < -0.4 is 14.4 Å². The highest BCUT2D eigenvalue weighted by Crippen LogP contribution is 2.48. The number of para-hydroxylation sites is 1. The Morgan fingerprint density at radius 1 is 0.972 bits per heavy atom. The first-order chi connectivity index (χ1) is 17.4. The first kappa shape index (κ1) is 23.8. The maximum atomic E-state index is 13.0. The molecule has 1 aliphatic heterocycles. The molecule has 36 heavy (non-hydrogen) atoms. The van der Waals surface area contributed by atoms with Crippen LogP contribution in [-0.4, -0.2) is 35.6 Å². The number of fused-ring (bicyclic) bond motifs is 1. The zero-order valence-electron chi connectivity index (χ0n) is 19.2. The van der Waals surface area contributed by atoms with Crippen LogP contribution in [0.15, 0.2) is 77.0 Å². The summed E-state index contributed by atoms with van der Waals surface area (Å²) in [4.78, 5) is 18.9. The van der Waals surface area contributed by atoms with E-state index < -0.39 is 11.4 Å². The molecule has 0 aliphatic carbocycles. The fraction of sp³-hybridized carbons (Fsp3) is 0.154. The van der Waals surface area contributed by atoms with Crippen LogP contribution in [0.4, 0.5) is 17.1 Å². The SMILES string of the molecule is COc1ccc2cc(C3C(Cl)C(=O)N3c3cc(O)ccc3N=Nc3ccccc3OC)c(Cl)nc2c1. The smallest absolute Gasteiger partial charge is 0.248 e. The van der Waals surface area contributed by atoms with E-state index in [-0.39, 0.29) is 16.8 Å². The lowest BCUT2D eigenvalue weighted by Gasteiger charge is -2.44. The van der Waals surface area contributed by atoms with Crippen molar-refractivity contribution < 1.29 is 19.4 Å². The van der Waals surface area contributed by atoms with Gasteiger partial charge in [0.05, 0.1) is 31.5 Å². The number of phenolic OH excluding ortho intramolecular Hbond substituents is 1. The summed E-state index contributed by atoms with van der Waals surface area (Å²) >= 11 is 13.1. The van der Waals surface area contributed by atoms with Crippen molar-refractivity contribution in [1.29, 1.82) is 0 Å². The van der Waals surface area contributed by atoms with E-state index in [0.717, 1.165) is 5.39 Å². The van der Waals surface area contributed by atoms with Crippen LogP contribution in [0.5, 0.6) is 17.2 Å². The summed E-state index contributed by atoms with van der Waals surface area (Å²) in [7, 11) is 3.12. The minimum Gasteiger partial charge on any atom is -0.508 e. The molecule has 0 bridgehead atoms. The summed E-state index contributed by atoms with van der Waals surface area (Å²) in [6, 6.07) is 18.3. The molecule has 2 atom stereocenters. The second-order valence-electron chi connectivity index (χ2n) is 8.03. The van der Waals surface area contributed by atoms with Gasteiger partial charge in [-0.3, -0.25) is 9.69 Å². The number of phenols is 1. The molecule has 1 aromatic heterocycles. The van der Waals surface area contributed by atoms with Crippen LogP contribution in [-0.2, 0) is 4.79 Å². The Hall–Kier alpha value is -3.88. The number of amides is 1. The van der Waals surface area contributed by atoms with Gasteiger partial charge in [-0.15, -0.1) is 21.8 Å². The molecule has 182 valence electrons. The van der Waals surface area contributed by atoms with Crippen molar-refractivity contribution in [3.63, 3.8) is 0 Å². The number of nitrogens with zero attached hydrogens (tertiary/aromatic N) is 4. The second-order valence-corrected chi connectivity index (χ2v) is 8.85. The zero-order valence-corrected chi connectivity index (χ0v) is 20.7. The molecule has 2 unspecified atom stereocenters. The van der Waals surface area contributed by atoms with E-state index in [2.05, 4.69) is 15.2 Å². The average molecular weight is 523 g/mol. The number of pyridine rings is 1. The second kappa shape index (κ2) is 9.64. The van der Waals surface area contributed by atoms with Gasteiger partial charge in [-0.25, -0.2) is 4.98 Å². The van der Waals surface area contributed by atoms with E-state index >= 15 is 0 Å². The standard InChI is InChI=1S/C26H20Cl2N4O4/c1-35-16-9-7-14-11-17(25(28)29-20(14)13-16)24-23(27)26(34)32(24)21-12-15(33)8-10-18(21)30-31-19-5-3-4-6-22(19)36-2/h3-13,23-24,33H,1-2H3. The molecule has 3 aromatic carbocycles. The third kappa shape index (κ3) is 4.19.